The fourth-order valence-corrected chi connectivity index (χ4v) is 3.17. The first-order valence-electron chi connectivity index (χ1n) is 7.55. The third-order valence-electron chi connectivity index (χ3n) is 4.06. The van der Waals surface area contributed by atoms with Gasteiger partial charge in [-0.15, -0.1) is 0 Å². The van der Waals surface area contributed by atoms with Crippen LogP contribution < -0.4 is 10.2 Å². The zero-order valence-corrected chi connectivity index (χ0v) is 13.9. The third kappa shape index (κ3) is 3.84. The van der Waals surface area contributed by atoms with Crippen molar-refractivity contribution in [2.75, 3.05) is 18.0 Å². The van der Waals surface area contributed by atoms with Gasteiger partial charge in [-0.05, 0) is 48.7 Å². The van der Waals surface area contributed by atoms with Gasteiger partial charge in [0.25, 0.3) is 0 Å². The van der Waals surface area contributed by atoms with Gasteiger partial charge in [0.05, 0.1) is 0 Å². The van der Waals surface area contributed by atoms with Crippen molar-refractivity contribution in [2.24, 2.45) is 0 Å². The van der Waals surface area contributed by atoms with E-state index in [0.717, 1.165) is 41.8 Å². The van der Waals surface area contributed by atoms with Crippen molar-refractivity contribution < 1.29 is 4.39 Å². The molecule has 0 aliphatic carbocycles. The standard InChI is InChI=1S/C17H19BrFN3/c18-16-5-4-14(19)11-13(16)12-21-15-6-9-22(10-7-15)17-3-1-2-8-20-17/h1-5,8,11,15,21H,6-7,9-10,12H2. The largest absolute Gasteiger partial charge is 0.357 e. The summed E-state index contributed by atoms with van der Waals surface area (Å²) in [7, 11) is 0. The molecule has 1 aliphatic rings. The van der Waals surface area contributed by atoms with Crippen LogP contribution >= 0.6 is 15.9 Å². The quantitative estimate of drug-likeness (QED) is 0.896. The van der Waals surface area contributed by atoms with E-state index in [1.54, 1.807) is 12.1 Å². The maximum absolute atomic E-state index is 13.3. The predicted molar refractivity (Wildman–Crippen MR) is 90.4 cm³/mol. The SMILES string of the molecule is Fc1ccc(Br)c(CNC2CCN(c3ccccn3)CC2)c1. The van der Waals surface area contributed by atoms with E-state index >= 15 is 0 Å². The minimum Gasteiger partial charge on any atom is -0.357 e. The Morgan fingerprint density at radius 1 is 1.23 bits per heavy atom. The highest BCUT2D eigenvalue weighted by molar-refractivity contribution is 9.10. The molecule has 0 bridgehead atoms. The number of piperidine rings is 1. The van der Waals surface area contributed by atoms with Gasteiger partial charge < -0.3 is 10.2 Å². The molecule has 1 saturated heterocycles. The van der Waals surface area contributed by atoms with Crippen LogP contribution in [-0.2, 0) is 6.54 Å². The zero-order valence-electron chi connectivity index (χ0n) is 12.3. The highest BCUT2D eigenvalue weighted by Crippen LogP contribution is 2.20. The van der Waals surface area contributed by atoms with Gasteiger partial charge in [0, 0.05) is 36.3 Å². The minimum absolute atomic E-state index is 0.190. The molecule has 22 heavy (non-hydrogen) atoms. The van der Waals surface area contributed by atoms with Crippen molar-refractivity contribution in [1.82, 2.24) is 10.3 Å². The van der Waals surface area contributed by atoms with Gasteiger partial charge in [-0.1, -0.05) is 22.0 Å². The molecular weight excluding hydrogens is 345 g/mol. The summed E-state index contributed by atoms with van der Waals surface area (Å²) in [6.45, 7) is 2.69. The van der Waals surface area contributed by atoms with Gasteiger partial charge >= 0.3 is 0 Å². The first-order chi connectivity index (χ1) is 10.7. The van der Waals surface area contributed by atoms with E-state index in [0.29, 0.717) is 12.6 Å². The monoisotopic (exact) mass is 363 g/mol. The maximum atomic E-state index is 13.3. The van der Waals surface area contributed by atoms with Gasteiger partial charge in [0.15, 0.2) is 0 Å². The zero-order chi connectivity index (χ0) is 15.4. The number of aromatic nitrogens is 1. The lowest BCUT2D eigenvalue weighted by atomic mass is 10.0. The summed E-state index contributed by atoms with van der Waals surface area (Å²) in [4.78, 5) is 6.72. The number of hydrogen-bond donors (Lipinski definition) is 1. The van der Waals surface area contributed by atoms with Crippen LogP contribution in [-0.4, -0.2) is 24.1 Å². The van der Waals surface area contributed by atoms with Crippen LogP contribution in [0, 0.1) is 5.82 Å². The third-order valence-corrected chi connectivity index (χ3v) is 4.83. The Hall–Kier alpha value is -1.46. The highest BCUT2D eigenvalue weighted by Gasteiger charge is 2.19. The molecule has 116 valence electrons. The molecule has 1 fully saturated rings. The fourth-order valence-electron chi connectivity index (χ4n) is 2.79. The molecule has 0 unspecified atom stereocenters. The van der Waals surface area contributed by atoms with Crippen LogP contribution in [0.1, 0.15) is 18.4 Å². The molecule has 2 aromatic rings. The number of anilines is 1. The molecule has 0 radical (unpaired) electrons. The van der Waals surface area contributed by atoms with Gasteiger partial charge in [-0.25, -0.2) is 9.37 Å². The van der Waals surface area contributed by atoms with E-state index in [1.807, 2.05) is 18.3 Å². The summed E-state index contributed by atoms with van der Waals surface area (Å²) in [6.07, 6.45) is 3.98. The Morgan fingerprint density at radius 3 is 2.77 bits per heavy atom. The molecule has 0 saturated carbocycles. The van der Waals surface area contributed by atoms with Crippen molar-refractivity contribution in [3.8, 4) is 0 Å². The lowest BCUT2D eigenvalue weighted by Crippen LogP contribution is -2.42. The molecule has 5 heteroatoms. The van der Waals surface area contributed by atoms with Crippen molar-refractivity contribution in [1.29, 1.82) is 0 Å². The van der Waals surface area contributed by atoms with Gasteiger partial charge in [0.2, 0.25) is 0 Å². The summed E-state index contributed by atoms with van der Waals surface area (Å²) >= 11 is 3.47. The Bertz CT molecular complexity index is 613. The number of benzene rings is 1. The molecule has 1 N–H and O–H groups in total. The van der Waals surface area contributed by atoms with E-state index in [4.69, 9.17) is 0 Å². The summed E-state index contributed by atoms with van der Waals surface area (Å²) in [6, 6.07) is 11.3. The second-order valence-electron chi connectivity index (χ2n) is 5.57. The molecule has 1 aromatic carbocycles. The Kier molecular flexibility index (Phi) is 5.05. The molecule has 0 amide bonds. The van der Waals surface area contributed by atoms with Crippen LogP contribution in [0.25, 0.3) is 0 Å². The average Bonchev–Trinajstić information content (AvgIpc) is 2.57. The number of pyridine rings is 1. The summed E-state index contributed by atoms with van der Waals surface area (Å²) in [5, 5.41) is 3.53. The maximum Gasteiger partial charge on any atom is 0.128 e. The first-order valence-corrected chi connectivity index (χ1v) is 8.35. The van der Waals surface area contributed by atoms with Gasteiger partial charge in [-0.2, -0.15) is 0 Å². The summed E-state index contributed by atoms with van der Waals surface area (Å²) < 4.78 is 14.2. The summed E-state index contributed by atoms with van der Waals surface area (Å²) in [5.41, 5.74) is 0.965. The van der Waals surface area contributed by atoms with Crippen LogP contribution in [0.2, 0.25) is 0 Å². The molecule has 3 rings (SSSR count). The lowest BCUT2D eigenvalue weighted by Gasteiger charge is -2.33. The molecule has 3 nitrogen and oxygen atoms in total. The molecule has 0 atom stereocenters. The van der Waals surface area contributed by atoms with Crippen molar-refractivity contribution in [3.05, 3.63) is 58.4 Å². The van der Waals surface area contributed by atoms with Crippen molar-refractivity contribution >= 4 is 21.7 Å². The van der Waals surface area contributed by atoms with Crippen molar-refractivity contribution in [2.45, 2.75) is 25.4 Å². The smallest absolute Gasteiger partial charge is 0.128 e. The number of halogens is 2. The number of rotatable bonds is 4. The topological polar surface area (TPSA) is 28.2 Å². The fraction of sp³-hybridized carbons (Fsp3) is 0.353. The van der Waals surface area contributed by atoms with Crippen molar-refractivity contribution in [3.63, 3.8) is 0 Å². The number of nitrogens with zero attached hydrogens (tertiary/aromatic N) is 2. The van der Waals surface area contributed by atoms with Crippen LogP contribution in [0.3, 0.4) is 0 Å². The molecule has 1 aromatic heterocycles. The van der Waals surface area contributed by atoms with E-state index in [9.17, 15) is 4.39 Å². The van der Waals surface area contributed by atoms with Gasteiger partial charge in [0.1, 0.15) is 11.6 Å². The molecular formula is C17H19BrFN3. The van der Waals surface area contributed by atoms with E-state index in [1.165, 1.54) is 6.07 Å². The second kappa shape index (κ2) is 7.20. The van der Waals surface area contributed by atoms with Crippen LogP contribution in [0.15, 0.2) is 47.1 Å². The van der Waals surface area contributed by atoms with Crippen LogP contribution in [0.5, 0.6) is 0 Å². The average molecular weight is 364 g/mol. The van der Waals surface area contributed by atoms with Crippen LogP contribution in [0.4, 0.5) is 10.2 Å². The highest BCUT2D eigenvalue weighted by atomic mass is 79.9. The lowest BCUT2D eigenvalue weighted by molar-refractivity contribution is 0.412. The normalized spacial score (nSPS) is 16.0. The minimum atomic E-state index is -0.190. The molecule has 1 aliphatic heterocycles. The Labute approximate surface area is 138 Å². The van der Waals surface area contributed by atoms with E-state index in [2.05, 4.69) is 37.2 Å². The van der Waals surface area contributed by atoms with Gasteiger partial charge in [-0.3, -0.25) is 0 Å². The number of hydrogen-bond acceptors (Lipinski definition) is 3. The second-order valence-corrected chi connectivity index (χ2v) is 6.42. The molecule has 0 spiro atoms. The predicted octanol–water partition coefficient (Wildman–Crippen LogP) is 3.74. The Balaban J connectivity index is 1.51. The number of nitrogens with one attached hydrogen (secondary N) is 1. The Morgan fingerprint density at radius 2 is 2.05 bits per heavy atom. The molecule has 2 heterocycles. The summed E-state index contributed by atoms with van der Waals surface area (Å²) in [5.74, 6) is 0.860. The van der Waals surface area contributed by atoms with E-state index < -0.39 is 0 Å². The first kappa shape index (κ1) is 15.4. The van der Waals surface area contributed by atoms with E-state index in [-0.39, 0.29) is 5.82 Å².